The average molecular weight is 289 g/mol. The van der Waals surface area contributed by atoms with E-state index in [1.54, 1.807) is 12.1 Å². The van der Waals surface area contributed by atoms with Crippen molar-refractivity contribution in [2.24, 2.45) is 5.73 Å². The Labute approximate surface area is 124 Å². The number of halogens is 1. The number of benzene rings is 2. The van der Waals surface area contributed by atoms with Gasteiger partial charge in [0.1, 0.15) is 17.7 Å². The van der Waals surface area contributed by atoms with Crippen LogP contribution in [0.2, 0.25) is 0 Å². The Hall–Kier alpha value is -1.91. The minimum Gasteiger partial charge on any atom is -0.484 e. The van der Waals surface area contributed by atoms with Gasteiger partial charge in [0.05, 0.1) is 0 Å². The van der Waals surface area contributed by atoms with Crippen LogP contribution in [0, 0.1) is 5.82 Å². The summed E-state index contributed by atoms with van der Waals surface area (Å²) < 4.78 is 19.4. The van der Waals surface area contributed by atoms with Crippen LogP contribution in [0.3, 0.4) is 0 Å². The molecule has 2 atom stereocenters. The first-order valence-electron chi connectivity index (χ1n) is 6.98. The van der Waals surface area contributed by atoms with Crippen molar-refractivity contribution in [3.8, 4) is 5.75 Å². The molecule has 3 N–H and O–H groups in total. The molecule has 0 saturated carbocycles. The molecular formula is C17H20FNO2. The molecular weight excluding hydrogens is 269 g/mol. The van der Waals surface area contributed by atoms with Gasteiger partial charge in [-0.1, -0.05) is 30.3 Å². The second-order valence-electron chi connectivity index (χ2n) is 5.03. The quantitative estimate of drug-likeness (QED) is 0.859. The van der Waals surface area contributed by atoms with E-state index in [1.165, 1.54) is 12.1 Å². The first-order valence-corrected chi connectivity index (χ1v) is 6.98. The largest absolute Gasteiger partial charge is 0.484 e. The van der Waals surface area contributed by atoms with Crippen molar-refractivity contribution in [1.29, 1.82) is 0 Å². The van der Waals surface area contributed by atoms with Gasteiger partial charge in [-0.15, -0.1) is 0 Å². The first-order chi connectivity index (χ1) is 10.1. The van der Waals surface area contributed by atoms with E-state index in [9.17, 15) is 4.39 Å². The number of hydrogen-bond donors (Lipinski definition) is 2. The van der Waals surface area contributed by atoms with Gasteiger partial charge in [-0.05, 0) is 42.7 Å². The van der Waals surface area contributed by atoms with Crippen LogP contribution in [-0.2, 0) is 6.42 Å². The molecule has 112 valence electrons. The van der Waals surface area contributed by atoms with Crippen LogP contribution in [-0.4, -0.2) is 17.8 Å². The van der Waals surface area contributed by atoms with Crippen molar-refractivity contribution < 1.29 is 14.2 Å². The topological polar surface area (TPSA) is 55.5 Å². The van der Waals surface area contributed by atoms with Crippen LogP contribution in [0.1, 0.15) is 24.2 Å². The highest BCUT2D eigenvalue weighted by Crippen LogP contribution is 2.27. The lowest BCUT2D eigenvalue weighted by Crippen LogP contribution is -2.29. The molecule has 0 spiro atoms. The van der Waals surface area contributed by atoms with Crippen molar-refractivity contribution >= 4 is 0 Å². The Morgan fingerprint density at radius 2 is 1.95 bits per heavy atom. The number of para-hydroxylation sites is 1. The maximum atomic E-state index is 13.4. The predicted molar refractivity (Wildman–Crippen MR) is 80.7 cm³/mol. The normalized spacial score (nSPS) is 13.7. The minimum atomic E-state index is -0.444. The number of aliphatic hydroxyl groups is 1. The fourth-order valence-electron chi connectivity index (χ4n) is 2.25. The summed E-state index contributed by atoms with van der Waals surface area (Å²) in [6, 6.07) is 13.4. The minimum absolute atomic E-state index is 0.0448. The molecule has 2 unspecified atom stereocenters. The lowest BCUT2D eigenvalue weighted by Gasteiger charge is -2.24. The van der Waals surface area contributed by atoms with E-state index in [-0.39, 0.29) is 18.5 Å². The molecule has 0 aliphatic rings. The molecule has 0 saturated heterocycles. The molecule has 3 nitrogen and oxygen atoms in total. The second kappa shape index (κ2) is 7.20. The van der Waals surface area contributed by atoms with Crippen molar-refractivity contribution in [2.45, 2.75) is 25.5 Å². The van der Waals surface area contributed by atoms with E-state index in [0.29, 0.717) is 17.7 Å². The molecule has 0 bridgehead atoms. The molecule has 0 radical (unpaired) electrons. The van der Waals surface area contributed by atoms with Gasteiger partial charge in [0.25, 0.3) is 0 Å². The molecule has 0 amide bonds. The highest BCUT2D eigenvalue weighted by molar-refractivity contribution is 5.34. The number of hydrogen-bond acceptors (Lipinski definition) is 3. The maximum absolute atomic E-state index is 13.4. The van der Waals surface area contributed by atoms with Crippen LogP contribution in [0.5, 0.6) is 5.75 Å². The highest BCUT2D eigenvalue weighted by Gasteiger charge is 2.20. The van der Waals surface area contributed by atoms with Crippen molar-refractivity contribution in [1.82, 2.24) is 0 Å². The Morgan fingerprint density at radius 3 is 2.62 bits per heavy atom. The zero-order chi connectivity index (χ0) is 15.2. The SMILES string of the molecule is CC(N)C(Oc1ccccc1CCO)c1cccc(F)c1. The van der Waals surface area contributed by atoms with E-state index in [1.807, 2.05) is 31.2 Å². The van der Waals surface area contributed by atoms with Crippen LogP contribution >= 0.6 is 0 Å². The van der Waals surface area contributed by atoms with Crippen LogP contribution < -0.4 is 10.5 Å². The van der Waals surface area contributed by atoms with Gasteiger partial charge in [0.2, 0.25) is 0 Å². The fourth-order valence-corrected chi connectivity index (χ4v) is 2.25. The summed E-state index contributed by atoms with van der Waals surface area (Å²) >= 11 is 0. The third kappa shape index (κ3) is 4.03. The van der Waals surface area contributed by atoms with Gasteiger partial charge in [-0.25, -0.2) is 4.39 Å². The zero-order valence-electron chi connectivity index (χ0n) is 12.0. The Bertz CT molecular complexity index is 587. The average Bonchev–Trinajstić information content (AvgIpc) is 2.46. The Kier molecular flexibility index (Phi) is 5.31. The molecule has 0 heterocycles. The summed E-state index contributed by atoms with van der Waals surface area (Å²) in [4.78, 5) is 0. The van der Waals surface area contributed by atoms with E-state index >= 15 is 0 Å². The summed E-state index contributed by atoms with van der Waals surface area (Å²) in [5, 5.41) is 9.11. The highest BCUT2D eigenvalue weighted by atomic mass is 19.1. The molecule has 21 heavy (non-hydrogen) atoms. The predicted octanol–water partition coefficient (Wildman–Crippen LogP) is 2.83. The van der Waals surface area contributed by atoms with E-state index in [2.05, 4.69) is 0 Å². The third-order valence-electron chi connectivity index (χ3n) is 3.26. The number of aliphatic hydroxyl groups excluding tert-OH is 1. The van der Waals surface area contributed by atoms with Crippen molar-refractivity contribution in [3.05, 3.63) is 65.5 Å². The van der Waals surface area contributed by atoms with Gasteiger partial charge in [-0.3, -0.25) is 0 Å². The van der Waals surface area contributed by atoms with Gasteiger partial charge < -0.3 is 15.6 Å². The standard InChI is InChI=1S/C17H20FNO2/c1-12(19)17(14-6-4-7-15(18)11-14)21-16-8-3-2-5-13(16)9-10-20/h2-8,11-12,17,20H,9-10,19H2,1H3. The summed E-state index contributed by atoms with van der Waals surface area (Å²) in [5.74, 6) is 0.350. The molecule has 2 aromatic rings. The smallest absolute Gasteiger partial charge is 0.139 e. The summed E-state index contributed by atoms with van der Waals surface area (Å²) in [6.45, 7) is 1.87. The monoisotopic (exact) mass is 289 g/mol. The van der Waals surface area contributed by atoms with E-state index < -0.39 is 6.10 Å². The van der Waals surface area contributed by atoms with Gasteiger partial charge >= 0.3 is 0 Å². The summed E-state index contributed by atoms with van der Waals surface area (Å²) in [6.07, 6.45) is 0.0610. The lowest BCUT2D eigenvalue weighted by atomic mass is 10.0. The Morgan fingerprint density at radius 1 is 1.19 bits per heavy atom. The zero-order valence-corrected chi connectivity index (χ0v) is 12.0. The summed E-state index contributed by atoms with van der Waals surface area (Å²) in [7, 11) is 0. The number of ether oxygens (including phenoxy) is 1. The number of nitrogens with two attached hydrogens (primary N) is 1. The summed E-state index contributed by atoms with van der Waals surface area (Å²) in [5.41, 5.74) is 7.60. The molecule has 0 aromatic heterocycles. The van der Waals surface area contributed by atoms with E-state index in [4.69, 9.17) is 15.6 Å². The Balaban J connectivity index is 2.29. The number of rotatable bonds is 6. The van der Waals surface area contributed by atoms with Gasteiger partial charge in [0, 0.05) is 12.6 Å². The molecule has 4 heteroatoms. The van der Waals surface area contributed by atoms with Gasteiger partial charge in [0.15, 0.2) is 0 Å². The molecule has 2 rings (SSSR count). The van der Waals surface area contributed by atoms with Gasteiger partial charge in [-0.2, -0.15) is 0 Å². The van der Waals surface area contributed by atoms with Crippen LogP contribution in [0.4, 0.5) is 4.39 Å². The van der Waals surface area contributed by atoms with Crippen LogP contribution in [0.25, 0.3) is 0 Å². The van der Waals surface area contributed by atoms with Crippen LogP contribution in [0.15, 0.2) is 48.5 Å². The van der Waals surface area contributed by atoms with E-state index in [0.717, 1.165) is 5.56 Å². The molecule has 0 aliphatic heterocycles. The molecule has 0 fully saturated rings. The maximum Gasteiger partial charge on any atom is 0.139 e. The lowest BCUT2D eigenvalue weighted by molar-refractivity contribution is 0.177. The molecule has 0 aliphatic carbocycles. The third-order valence-corrected chi connectivity index (χ3v) is 3.26. The van der Waals surface area contributed by atoms with Crippen molar-refractivity contribution in [3.63, 3.8) is 0 Å². The molecule has 2 aromatic carbocycles. The second-order valence-corrected chi connectivity index (χ2v) is 5.03. The fraction of sp³-hybridized carbons (Fsp3) is 0.294. The first kappa shape index (κ1) is 15.5. The van der Waals surface area contributed by atoms with Crippen molar-refractivity contribution in [2.75, 3.05) is 6.61 Å².